The SMILES string of the molecule is COc1ccc(-c2cccc(Cl)c2C)cc1-n1c2c(ccc1=O)CN(C(=O)O)CC2. The highest BCUT2D eigenvalue weighted by Crippen LogP contribution is 2.34. The summed E-state index contributed by atoms with van der Waals surface area (Å²) >= 11 is 6.31. The number of fused-ring (bicyclic) bond motifs is 1. The summed E-state index contributed by atoms with van der Waals surface area (Å²) in [5.74, 6) is 0.564. The Morgan fingerprint density at radius 3 is 2.70 bits per heavy atom. The van der Waals surface area contributed by atoms with E-state index in [1.165, 1.54) is 11.0 Å². The van der Waals surface area contributed by atoms with Crippen LogP contribution in [0.15, 0.2) is 53.3 Å². The van der Waals surface area contributed by atoms with Crippen molar-refractivity contribution in [2.24, 2.45) is 0 Å². The molecule has 4 rings (SSSR count). The third-order valence-electron chi connectivity index (χ3n) is 5.54. The highest BCUT2D eigenvalue weighted by molar-refractivity contribution is 6.31. The zero-order valence-electron chi connectivity index (χ0n) is 16.7. The molecule has 0 atom stereocenters. The first-order valence-electron chi connectivity index (χ1n) is 9.56. The molecule has 1 N–H and O–H groups in total. The molecule has 2 heterocycles. The minimum absolute atomic E-state index is 0.184. The fourth-order valence-corrected chi connectivity index (χ4v) is 4.12. The maximum absolute atomic E-state index is 12.9. The molecule has 1 amide bonds. The van der Waals surface area contributed by atoms with Crippen LogP contribution in [0.4, 0.5) is 4.79 Å². The summed E-state index contributed by atoms with van der Waals surface area (Å²) in [6.45, 7) is 2.54. The van der Waals surface area contributed by atoms with Crippen LogP contribution in [0.3, 0.4) is 0 Å². The van der Waals surface area contributed by atoms with Gasteiger partial charge >= 0.3 is 6.09 Å². The maximum atomic E-state index is 12.9. The minimum Gasteiger partial charge on any atom is -0.495 e. The van der Waals surface area contributed by atoms with E-state index in [1.807, 2.05) is 43.3 Å². The average Bonchev–Trinajstić information content (AvgIpc) is 2.75. The van der Waals surface area contributed by atoms with Gasteiger partial charge in [0.1, 0.15) is 5.75 Å². The number of hydrogen-bond donors (Lipinski definition) is 1. The van der Waals surface area contributed by atoms with Crippen LogP contribution in [0.2, 0.25) is 5.02 Å². The molecule has 0 radical (unpaired) electrons. The van der Waals surface area contributed by atoms with Crippen LogP contribution in [-0.4, -0.2) is 34.3 Å². The van der Waals surface area contributed by atoms with Gasteiger partial charge in [-0.15, -0.1) is 0 Å². The lowest BCUT2D eigenvalue weighted by Crippen LogP contribution is -2.38. The number of rotatable bonds is 3. The van der Waals surface area contributed by atoms with Gasteiger partial charge in [0.05, 0.1) is 19.3 Å². The first-order valence-corrected chi connectivity index (χ1v) is 9.94. The van der Waals surface area contributed by atoms with Crippen LogP contribution < -0.4 is 10.3 Å². The molecular weight excluding hydrogens is 404 g/mol. The van der Waals surface area contributed by atoms with Crippen LogP contribution >= 0.6 is 11.6 Å². The van der Waals surface area contributed by atoms with Gasteiger partial charge in [0.15, 0.2) is 0 Å². The molecule has 1 aliphatic rings. The van der Waals surface area contributed by atoms with Gasteiger partial charge in [-0.1, -0.05) is 29.8 Å². The van der Waals surface area contributed by atoms with E-state index in [2.05, 4.69) is 0 Å². The highest BCUT2D eigenvalue weighted by Gasteiger charge is 2.24. The van der Waals surface area contributed by atoms with E-state index < -0.39 is 6.09 Å². The molecule has 2 aromatic carbocycles. The van der Waals surface area contributed by atoms with Crippen molar-refractivity contribution in [3.63, 3.8) is 0 Å². The van der Waals surface area contributed by atoms with E-state index >= 15 is 0 Å². The van der Waals surface area contributed by atoms with Crippen molar-refractivity contribution in [1.29, 1.82) is 0 Å². The van der Waals surface area contributed by atoms with Gasteiger partial charge in [0.2, 0.25) is 0 Å². The molecule has 30 heavy (non-hydrogen) atoms. The molecule has 0 saturated heterocycles. The summed E-state index contributed by atoms with van der Waals surface area (Å²) in [7, 11) is 1.57. The summed E-state index contributed by atoms with van der Waals surface area (Å²) < 4.78 is 7.20. The Morgan fingerprint density at radius 2 is 1.97 bits per heavy atom. The number of benzene rings is 2. The number of pyridine rings is 1. The summed E-state index contributed by atoms with van der Waals surface area (Å²) in [5, 5.41) is 10.00. The minimum atomic E-state index is -0.964. The summed E-state index contributed by atoms with van der Waals surface area (Å²) in [6.07, 6.45) is -0.518. The number of halogens is 1. The van der Waals surface area contributed by atoms with Crippen LogP contribution in [0, 0.1) is 6.92 Å². The predicted molar refractivity (Wildman–Crippen MR) is 116 cm³/mol. The molecule has 0 saturated carbocycles. The Kier molecular flexibility index (Phi) is 5.26. The Hall–Kier alpha value is -3.25. The Bertz CT molecular complexity index is 1200. The van der Waals surface area contributed by atoms with Gasteiger partial charge in [-0.2, -0.15) is 0 Å². The quantitative estimate of drug-likeness (QED) is 0.671. The number of carbonyl (C=O) groups is 1. The van der Waals surface area contributed by atoms with Crippen molar-refractivity contribution >= 4 is 17.7 Å². The number of methoxy groups -OCH3 is 1. The molecule has 0 spiro atoms. The van der Waals surface area contributed by atoms with E-state index in [0.717, 1.165) is 27.9 Å². The smallest absolute Gasteiger partial charge is 0.407 e. The van der Waals surface area contributed by atoms with Crippen LogP contribution in [-0.2, 0) is 13.0 Å². The zero-order valence-corrected chi connectivity index (χ0v) is 17.4. The molecule has 0 unspecified atom stereocenters. The second-order valence-corrected chi connectivity index (χ2v) is 7.64. The van der Waals surface area contributed by atoms with Crippen molar-refractivity contribution in [2.75, 3.05) is 13.7 Å². The third kappa shape index (κ3) is 3.44. The molecule has 1 aliphatic heterocycles. The number of amides is 1. The van der Waals surface area contributed by atoms with Gasteiger partial charge in [-0.25, -0.2) is 4.79 Å². The van der Waals surface area contributed by atoms with E-state index in [-0.39, 0.29) is 12.1 Å². The van der Waals surface area contributed by atoms with Crippen molar-refractivity contribution < 1.29 is 14.6 Å². The first-order chi connectivity index (χ1) is 14.4. The Balaban J connectivity index is 1.91. The van der Waals surface area contributed by atoms with Crippen molar-refractivity contribution in [3.05, 3.63) is 80.7 Å². The van der Waals surface area contributed by atoms with Crippen molar-refractivity contribution in [1.82, 2.24) is 9.47 Å². The number of ether oxygens (including phenoxy) is 1. The maximum Gasteiger partial charge on any atom is 0.407 e. The molecular formula is C23H21ClN2O4. The topological polar surface area (TPSA) is 71.8 Å². The van der Waals surface area contributed by atoms with Gasteiger partial charge in [0.25, 0.3) is 5.56 Å². The lowest BCUT2D eigenvalue weighted by atomic mass is 9.99. The fourth-order valence-electron chi connectivity index (χ4n) is 3.94. The molecule has 0 fully saturated rings. The van der Waals surface area contributed by atoms with Crippen molar-refractivity contribution in [2.45, 2.75) is 19.9 Å². The van der Waals surface area contributed by atoms with Gasteiger partial charge in [0, 0.05) is 29.7 Å². The normalized spacial score (nSPS) is 13.1. The fraction of sp³-hybridized carbons (Fsp3) is 0.217. The van der Waals surface area contributed by atoms with Gasteiger partial charge in [-0.05, 0) is 53.4 Å². The molecule has 7 heteroatoms. The second-order valence-electron chi connectivity index (χ2n) is 7.23. The number of aromatic nitrogens is 1. The Morgan fingerprint density at radius 1 is 1.17 bits per heavy atom. The van der Waals surface area contributed by atoms with Gasteiger partial charge < -0.3 is 14.7 Å². The second kappa shape index (κ2) is 7.88. The lowest BCUT2D eigenvalue weighted by Gasteiger charge is -2.29. The molecule has 6 nitrogen and oxygen atoms in total. The van der Waals surface area contributed by atoms with Gasteiger partial charge in [-0.3, -0.25) is 9.36 Å². The third-order valence-corrected chi connectivity index (χ3v) is 5.95. The average molecular weight is 425 g/mol. The zero-order chi connectivity index (χ0) is 21.4. The summed E-state index contributed by atoms with van der Waals surface area (Å²) in [5.41, 5.74) is 4.90. The number of carboxylic acid groups (broad SMARTS) is 1. The molecule has 3 aromatic rings. The number of hydrogen-bond acceptors (Lipinski definition) is 3. The Labute approximate surface area is 178 Å². The number of nitrogens with zero attached hydrogens (tertiary/aromatic N) is 2. The highest BCUT2D eigenvalue weighted by atomic mass is 35.5. The summed E-state index contributed by atoms with van der Waals surface area (Å²) in [6, 6.07) is 14.6. The van der Waals surface area contributed by atoms with E-state index in [0.29, 0.717) is 29.4 Å². The van der Waals surface area contributed by atoms with E-state index in [4.69, 9.17) is 16.3 Å². The molecule has 154 valence electrons. The van der Waals surface area contributed by atoms with Crippen LogP contribution in [0.25, 0.3) is 16.8 Å². The molecule has 0 bridgehead atoms. The monoisotopic (exact) mass is 424 g/mol. The predicted octanol–water partition coefficient (Wildman–Crippen LogP) is 4.51. The van der Waals surface area contributed by atoms with Crippen LogP contribution in [0.1, 0.15) is 16.8 Å². The first kappa shape index (κ1) is 20.0. The summed E-state index contributed by atoms with van der Waals surface area (Å²) in [4.78, 5) is 25.6. The lowest BCUT2D eigenvalue weighted by molar-refractivity contribution is 0.139. The van der Waals surface area contributed by atoms with E-state index in [9.17, 15) is 14.7 Å². The standard InChI is InChI=1S/C23H21ClN2O4/c1-14-17(4-3-5-18(14)24)15-6-8-21(30-2)20(12-15)26-19-10-11-25(23(28)29)13-16(19)7-9-22(26)27/h3-9,12H,10-11,13H2,1-2H3,(H,28,29). The van der Waals surface area contributed by atoms with Crippen molar-refractivity contribution in [3.8, 4) is 22.6 Å². The molecule has 1 aromatic heterocycles. The van der Waals surface area contributed by atoms with E-state index in [1.54, 1.807) is 17.7 Å². The largest absolute Gasteiger partial charge is 0.495 e. The van der Waals surface area contributed by atoms with Crippen LogP contribution in [0.5, 0.6) is 5.75 Å². The molecule has 0 aliphatic carbocycles.